The fraction of sp³-hybridized carbons (Fsp3) is 0.600. The van der Waals surface area contributed by atoms with E-state index in [0.717, 1.165) is 39.2 Å². The van der Waals surface area contributed by atoms with E-state index in [4.69, 9.17) is 4.74 Å². The Kier molecular flexibility index (Phi) is 3.64. The quantitative estimate of drug-likeness (QED) is 0.858. The van der Waals surface area contributed by atoms with Gasteiger partial charge in [-0.3, -0.25) is 4.90 Å². The van der Waals surface area contributed by atoms with E-state index in [-0.39, 0.29) is 6.10 Å². The minimum atomic E-state index is 0.264. The highest BCUT2D eigenvalue weighted by atomic mass is 16.5. The minimum absolute atomic E-state index is 0.264. The molecule has 3 nitrogen and oxygen atoms in total. The molecule has 1 fully saturated rings. The van der Waals surface area contributed by atoms with Crippen molar-refractivity contribution in [1.29, 1.82) is 0 Å². The third-order valence-corrected chi connectivity index (χ3v) is 3.97. The van der Waals surface area contributed by atoms with Gasteiger partial charge in [-0.1, -0.05) is 24.3 Å². The Labute approximate surface area is 109 Å². The molecular weight excluding hydrogens is 224 g/mol. The fourth-order valence-electron chi connectivity index (χ4n) is 3.04. The molecule has 1 aromatic rings. The van der Waals surface area contributed by atoms with Gasteiger partial charge < -0.3 is 10.1 Å². The monoisotopic (exact) mass is 246 g/mol. The van der Waals surface area contributed by atoms with Gasteiger partial charge in [-0.25, -0.2) is 0 Å². The van der Waals surface area contributed by atoms with Crippen LogP contribution in [0.3, 0.4) is 0 Å². The van der Waals surface area contributed by atoms with Crippen molar-refractivity contribution in [2.24, 2.45) is 0 Å². The van der Waals surface area contributed by atoms with E-state index in [0.29, 0.717) is 6.04 Å². The number of piperazine rings is 1. The van der Waals surface area contributed by atoms with Crippen molar-refractivity contribution < 1.29 is 4.74 Å². The van der Waals surface area contributed by atoms with Crippen LogP contribution in [0.2, 0.25) is 0 Å². The fourth-order valence-corrected chi connectivity index (χ4v) is 3.04. The number of hydrogen-bond acceptors (Lipinski definition) is 3. The second-order valence-electron chi connectivity index (χ2n) is 5.42. The van der Waals surface area contributed by atoms with Crippen LogP contribution in [0.25, 0.3) is 0 Å². The lowest BCUT2D eigenvalue weighted by atomic mass is 9.97. The number of nitrogens with one attached hydrogen (secondary N) is 1. The van der Waals surface area contributed by atoms with Crippen LogP contribution >= 0.6 is 0 Å². The van der Waals surface area contributed by atoms with Crippen molar-refractivity contribution in [3.8, 4) is 0 Å². The van der Waals surface area contributed by atoms with Crippen molar-refractivity contribution in [3.05, 3.63) is 35.4 Å². The van der Waals surface area contributed by atoms with Crippen molar-refractivity contribution in [2.45, 2.75) is 25.5 Å². The van der Waals surface area contributed by atoms with Gasteiger partial charge in [0.25, 0.3) is 0 Å². The number of benzene rings is 1. The Bertz CT molecular complexity index is 407. The van der Waals surface area contributed by atoms with Gasteiger partial charge in [-0.2, -0.15) is 0 Å². The second kappa shape index (κ2) is 5.39. The molecule has 98 valence electrons. The highest BCUT2D eigenvalue weighted by Gasteiger charge is 2.24. The average Bonchev–Trinajstić information content (AvgIpc) is 2.39. The van der Waals surface area contributed by atoms with Crippen LogP contribution in [-0.2, 0) is 11.2 Å². The Balaban J connectivity index is 1.70. The summed E-state index contributed by atoms with van der Waals surface area (Å²) in [7, 11) is 0. The maximum absolute atomic E-state index is 5.98. The van der Waals surface area contributed by atoms with Crippen LogP contribution in [0.1, 0.15) is 24.2 Å². The van der Waals surface area contributed by atoms with Gasteiger partial charge >= 0.3 is 0 Å². The molecule has 1 N–H and O–H groups in total. The first-order valence-corrected chi connectivity index (χ1v) is 6.98. The largest absolute Gasteiger partial charge is 0.372 e. The van der Waals surface area contributed by atoms with Gasteiger partial charge in [-0.05, 0) is 24.5 Å². The Hall–Kier alpha value is -0.900. The maximum Gasteiger partial charge on any atom is 0.0954 e. The molecule has 2 unspecified atom stereocenters. The molecule has 0 aromatic heterocycles. The number of fused-ring (bicyclic) bond motifs is 1. The van der Waals surface area contributed by atoms with Gasteiger partial charge in [0.05, 0.1) is 12.7 Å². The van der Waals surface area contributed by atoms with Crippen molar-refractivity contribution in [1.82, 2.24) is 10.2 Å². The van der Waals surface area contributed by atoms with E-state index in [1.807, 2.05) is 0 Å². The first-order valence-electron chi connectivity index (χ1n) is 6.98. The smallest absolute Gasteiger partial charge is 0.0954 e. The Morgan fingerprint density at radius 1 is 1.39 bits per heavy atom. The molecule has 0 radical (unpaired) electrons. The maximum atomic E-state index is 5.98. The molecule has 0 spiro atoms. The molecule has 0 amide bonds. The molecule has 2 aliphatic heterocycles. The normalized spacial score (nSPS) is 28.9. The summed E-state index contributed by atoms with van der Waals surface area (Å²) in [5.41, 5.74) is 2.87. The lowest BCUT2D eigenvalue weighted by Crippen LogP contribution is -2.50. The third kappa shape index (κ3) is 2.58. The van der Waals surface area contributed by atoms with Gasteiger partial charge in [-0.15, -0.1) is 0 Å². The molecule has 0 bridgehead atoms. The minimum Gasteiger partial charge on any atom is -0.372 e. The molecule has 1 aromatic carbocycles. The molecule has 2 aliphatic rings. The van der Waals surface area contributed by atoms with Gasteiger partial charge in [0.15, 0.2) is 0 Å². The van der Waals surface area contributed by atoms with Gasteiger partial charge in [0, 0.05) is 32.2 Å². The molecule has 3 rings (SSSR count). The highest BCUT2D eigenvalue weighted by molar-refractivity contribution is 5.31. The lowest BCUT2D eigenvalue weighted by molar-refractivity contribution is 0.0107. The lowest BCUT2D eigenvalue weighted by Gasteiger charge is -2.36. The van der Waals surface area contributed by atoms with E-state index in [9.17, 15) is 0 Å². The van der Waals surface area contributed by atoms with Gasteiger partial charge in [0.2, 0.25) is 0 Å². The molecule has 2 heterocycles. The molecule has 0 saturated carbocycles. The molecule has 1 saturated heterocycles. The van der Waals surface area contributed by atoms with Crippen LogP contribution in [0.5, 0.6) is 0 Å². The van der Waals surface area contributed by atoms with Crippen molar-refractivity contribution in [2.75, 3.05) is 32.8 Å². The molecular formula is C15H22N2O. The van der Waals surface area contributed by atoms with E-state index in [1.54, 1.807) is 0 Å². The summed E-state index contributed by atoms with van der Waals surface area (Å²) < 4.78 is 5.98. The summed E-state index contributed by atoms with van der Waals surface area (Å²) in [5.74, 6) is 0. The SMILES string of the molecule is CC1CN(CC2OCCc3ccccc32)CCN1. The zero-order valence-corrected chi connectivity index (χ0v) is 11.1. The van der Waals surface area contributed by atoms with E-state index >= 15 is 0 Å². The topological polar surface area (TPSA) is 24.5 Å². The first-order chi connectivity index (χ1) is 8.83. The first kappa shape index (κ1) is 12.2. The summed E-state index contributed by atoms with van der Waals surface area (Å²) in [6.45, 7) is 7.50. The number of ether oxygens (including phenoxy) is 1. The van der Waals surface area contributed by atoms with E-state index in [2.05, 4.69) is 41.4 Å². The third-order valence-electron chi connectivity index (χ3n) is 3.97. The van der Waals surface area contributed by atoms with Crippen molar-refractivity contribution in [3.63, 3.8) is 0 Å². The molecule has 0 aliphatic carbocycles. The highest BCUT2D eigenvalue weighted by Crippen LogP contribution is 2.27. The summed E-state index contributed by atoms with van der Waals surface area (Å²) >= 11 is 0. The number of nitrogens with zero attached hydrogens (tertiary/aromatic N) is 1. The zero-order valence-electron chi connectivity index (χ0n) is 11.1. The predicted molar refractivity (Wildman–Crippen MR) is 72.7 cm³/mol. The van der Waals surface area contributed by atoms with E-state index < -0.39 is 0 Å². The zero-order chi connectivity index (χ0) is 12.4. The predicted octanol–water partition coefficient (Wildman–Crippen LogP) is 1.59. The summed E-state index contributed by atoms with van der Waals surface area (Å²) in [4.78, 5) is 2.52. The summed E-state index contributed by atoms with van der Waals surface area (Å²) in [6, 6.07) is 9.32. The second-order valence-corrected chi connectivity index (χ2v) is 5.42. The molecule has 3 heteroatoms. The van der Waals surface area contributed by atoms with E-state index in [1.165, 1.54) is 11.1 Å². The molecule has 2 atom stereocenters. The van der Waals surface area contributed by atoms with Crippen LogP contribution in [-0.4, -0.2) is 43.7 Å². The van der Waals surface area contributed by atoms with Crippen LogP contribution in [0.15, 0.2) is 24.3 Å². The number of rotatable bonds is 2. The van der Waals surface area contributed by atoms with Gasteiger partial charge in [0.1, 0.15) is 0 Å². The Morgan fingerprint density at radius 3 is 3.17 bits per heavy atom. The van der Waals surface area contributed by atoms with Crippen molar-refractivity contribution >= 4 is 0 Å². The average molecular weight is 246 g/mol. The summed E-state index contributed by atoms with van der Waals surface area (Å²) in [5, 5.41) is 3.49. The summed E-state index contributed by atoms with van der Waals surface area (Å²) in [6.07, 6.45) is 1.32. The standard InChI is InChI=1S/C15H22N2O/c1-12-10-17(8-7-16-12)11-15-14-5-3-2-4-13(14)6-9-18-15/h2-5,12,15-16H,6-11H2,1H3. The Morgan fingerprint density at radius 2 is 2.28 bits per heavy atom. The number of hydrogen-bond donors (Lipinski definition) is 1. The van der Waals surface area contributed by atoms with Crippen LogP contribution in [0, 0.1) is 0 Å². The van der Waals surface area contributed by atoms with Crippen LogP contribution in [0.4, 0.5) is 0 Å². The van der Waals surface area contributed by atoms with Crippen LogP contribution < -0.4 is 5.32 Å². The molecule has 18 heavy (non-hydrogen) atoms.